The summed E-state index contributed by atoms with van der Waals surface area (Å²) in [5.41, 5.74) is 3.44. The molecule has 3 rings (SSSR count). The van der Waals surface area contributed by atoms with E-state index in [9.17, 15) is 9.59 Å². The zero-order chi connectivity index (χ0) is 17.6. The fourth-order valence-corrected chi connectivity index (χ4v) is 2.85. The molecule has 3 amide bonds. The van der Waals surface area contributed by atoms with Crippen LogP contribution >= 0.6 is 0 Å². The first-order valence-corrected chi connectivity index (χ1v) is 8.73. The van der Waals surface area contributed by atoms with Gasteiger partial charge in [0.25, 0.3) is 5.91 Å². The van der Waals surface area contributed by atoms with Crippen LogP contribution in [0.5, 0.6) is 0 Å². The molecule has 0 saturated carbocycles. The molecule has 1 heterocycles. The summed E-state index contributed by atoms with van der Waals surface area (Å²) < 4.78 is 0. The van der Waals surface area contributed by atoms with Gasteiger partial charge in [-0.2, -0.15) is 0 Å². The molecule has 0 unspecified atom stereocenters. The minimum atomic E-state index is -0.154. The molecule has 1 saturated heterocycles. The minimum absolute atomic E-state index is 0.0969. The topological polar surface area (TPSA) is 61.4 Å². The molecule has 5 heteroatoms. The van der Waals surface area contributed by atoms with E-state index in [1.54, 1.807) is 29.2 Å². The van der Waals surface area contributed by atoms with Gasteiger partial charge in [0.15, 0.2) is 0 Å². The van der Waals surface area contributed by atoms with Gasteiger partial charge in [-0.25, -0.2) is 4.79 Å². The third-order valence-corrected chi connectivity index (χ3v) is 4.33. The average molecular weight is 337 g/mol. The summed E-state index contributed by atoms with van der Waals surface area (Å²) in [6, 6.07) is 15.0. The average Bonchev–Trinajstić information content (AvgIpc) is 3.07. The summed E-state index contributed by atoms with van der Waals surface area (Å²) in [7, 11) is 0. The number of hydrogen-bond acceptors (Lipinski definition) is 2. The Kier molecular flexibility index (Phi) is 5.33. The predicted molar refractivity (Wildman–Crippen MR) is 100 cm³/mol. The first-order chi connectivity index (χ1) is 12.2. The van der Waals surface area contributed by atoms with Crippen LogP contribution in [-0.4, -0.2) is 25.0 Å². The fourth-order valence-electron chi connectivity index (χ4n) is 2.85. The van der Waals surface area contributed by atoms with Crippen molar-refractivity contribution in [3.8, 4) is 0 Å². The number of nitrogens with zero attached hydrogens (tertiary/aromatic N) is 1. The van der Waals surface area contributed by atoms with Crippen LogP contribution in [0.3, 0.4) is 0 Å². The molecule has 1 fully saturated rings. The van der Waals surface area contributed by atoms with Crippen LogP contribution in [0, 0.1) is 0 Å². The summed E-state index contributed by atoms with van der Waals surface area (Å²) in [5, 5.41) is 5.67. The maximum absolute atomic E-state index is 12.4. The monoisotopic (exact) mass is 337 g/mol. The van der Waals surface area contributed by atoms with Gasteiger partial charge >= 0.3 is 6.03 Å². The largest absolute Gasteiger partial charge is 0.336 e. The van der Waals surface area contributed by atoms with Gasteiger partial charge < -0.3 is 10.6 Å². The molecule has 0 aromatic heterocycles. The Hall–Kier alpha value is -2.82. The molecule has 1 aliphatic rings. The van der Waals surface area contributed by atoms with Crippen LogP contribution in [0.2, 0.25) is 0 Å². The van der Waals surface area contributed by atoms with Crippen LogP contribution in [0.25, 0.3) is 0 Å². The fraction of sp³-hybridized carbons (Fsp3) is 0.300. The molecule has 0 radical (unpaired) electrons. The summed E-state index contributed by atoms with van der Waals surface area (Å²) in [6.07, 6.45) is 3.41. The second-order valence-corrected chi connectivity index (χ2v) is 6.19. The SMILES string of the molecule is CCCCc1ccc(NC(=O)c2ccc(N3CCNC3=O)cc2)cc1. The number of carbonyl (C=O) groups excluding carboxylic acids is 2. The van der Waals surface area contributed by atoms with Crippen molar-refractivity contribution in [2.24, 2.45) is 0 Å². The van der Waals surface area contributed by atoms with Crippen LogP contribution in [-0.2, 0) is 6.42 Å². The molecular weight excluding hydrogens is 314 g/mol. The normalized spacial score (nSPS) is 13.6. The zero-order valence-electron chi connectivity index (χ0n) is 14.4. The quantitative estimate of drug-likeness (QED) is 0.842. The number of nitrogens with one attached hydrogen (secondary N) is 2. The molecular formula is C20H23N3O2. The van der Waals surface area contributed by atoms with E-state index < -0.39 is 0 Å². The Bertz CT molecular complexity index is 739. The molecule has 0 atom stereocenters. The van der Waals surface area contributed by atoms with Crippen molar-refractivity contribution in [1.82, 2.24) is 5.32 Å². The maximum atomic E-state index is 12.4. The lowest BCUT2D eigenvalue weighted by atomic mass is 10.1. The van der Waals surface area contributed by atoms with Crippen molar-refractivity contribution in [2.75, 3.05) is 23.3 Å². The van der Waals surface area contributed by atoms with Crippen molar-refractivity contribution in [3.05, 3.63) is 59.7 Å². The zero-order valence-corrected chi connectivity index (χ0v) is 14.4. The highest BCUT2D eigenvalue weighted by Gasteiger charge is 2.21. The predicted octanol–water partition coefficient (Wildman–Crippen LogP) is 3.81. The Morgan fingerprint density at radius 2 is 1.84 bits per heavy atom. The first-order valence-electron chi connectivity index (χ1n) is 8.73. The molecule has 2 N–H and O–H groups in total. The highest BCUT2D eigenvalue weighted by atomic mass is 16.2. The van der Waals surface area contributed by atoms with Gasteiger partial charge in [0, 0.05) is 30.0 Å². The molecule has 0 spiro atoms. The Morgan fingerprint density at radius 1 is 1.12 bits per heavy atom. The van der Waals surface area contributed by atoms with E-state index >= 15 is 0 Å². The van der Waals surface area contributed by atoms with E-state index in [-0.39, 0.29) is 11.9 Å². The van der Waals surface area contributed by atoms with Crippen molar-refractivity contribution in [3.63, 3.8) is 0 Å². The van der Waals surface area contributed by atoms with Gasteiger partial charge in [-0.05, 0) is 54.8 Å². The van der Waals surface area contributed by atoms with Crippen LogP contribution in [0.1, 0.15) is 35.7 Å². The van der Waals surface area contributed by atoms with E-state index in [1.165, 1.54) is 18.4 Å². The van der Waals surface area contributed by atoms with Crippen molar-refractivity contribution in [1.29, 1.82) is 0 Å². The lowest BCUT2D eigenvalue weighted by molar-refractivity contribution is 0.102. The number of hydrogen-bond donors (Lipinski definition) is 2. The van der Waals surface area contributed by atoms with E-state index in [0.29, 0.717) is 18.7 Å². The molecule has 5 nitrogen and oxygen atoms in total. The van der Waals surface area contributed by atoms with Crippen LogP contribution in [0.15, 0.2) is 48.5 Å². The molecule has 2 aromatic rings. The molecule has 1 aliphatic heterocycles. The lowest BCUT2D eigenvalue weighted by Crippen LogP contribution is -2.27. The van der Waals surface area contributed by atoms with E-state index in [1.807, 2.05) is 12.1 Å². The molecule has 0 aliphatic carbocycles. The summed E-state index contributed by atoms with van der Waals surface area (Å²) in [5.74, 6) is -0.154. The third-order valence-electron chi connectivity index (χ3n) is 4.33. The van der Waals surface area contributed by atoms with E-state index in [4.69, 9.17) is 0 Å². The number of urea groups is 1. The summed E-state index contributed by atoms with van der Waals surface area (Å²) >= 11 is 0. The number of rotatable bonds is 6. The van der Waals surface area contributed by atoms with Gasteiger partial charge in [0.05, 0.1) is 0 Å². The smallest absolute Gasteiger partial charge is 0.321 e. The van der Waals surface area contributed by atoms with Gasteiger partial charge in [-0.15, -0.1) is 0 Å². The number of benzene rings is 2. The number of aryl methyl sites for hydroxylation is 1. The standard InChI is InChI=1S/C20H23N3O2/c1-2-3-4-15-5-9-17(10-6-15)22-19(24)16-7-11-18(12-8-16)23-14-13-21-20(23)25/h5-12H,2-4,13-14H2,1H3,(H,21,25)(H,22,24). The van der Waals surface area contributed by atoms with Gasteiger partial charge in [-0.1, -0.05) is 25.5 Å². The van der Waals surface area contributed by atoms with Crippen LogP contribution < -0.4 is 15.5 Å². The molecule has 130 valence electrons. The summed E-state index contributed by atoms with van der Waals surface area (Å²) in [6.45, 7) is 3.47. The van der Waals surface area contributed by atoms with E-state index in [0.717, 1.165) is 17.8 Å². The Balaban J connectivity index is 1.62. The van der Waals surface area contributed by atoms with Crippen molar-refractivity contribution in [2.45, 2.75) is 26.2 Å². The number of carbonyl (C=O) groups is 2. The number of amides is 3. The molecule has 0 bridgehead atoms. The Labute approximate surface area is 148 Å². The van der Waals surface area contributed by atoms with Crippen molar-refractivity contribution >= 4 is 23.3 Å². The highest BCUT2D eigenvalue weighted by Crippen LogP contribution is 2.18. The van der Waals surface area contributed by atoms with Crippen molar-refractivity contribution < 1.29 is 9.59 Å². The van der Waals surface area contributed by atoms with Gasteiger partial charge in [0.2, 0.25) is 0 Å². The number of unbranched alkanes of at least 4 members (excludes halogenated alkanes) is 1. The third kappa shape index (κ3) is 4.18. The second kappa shape index (κ2) is 7.83. The first kappa shape index (κ1) is 17.0. The second-order valence-electron chi connectivity index (χ2n) is 6.19. The highest BCUT2D eigenvalue weighted by molar-refractivity contribution is 6.04. The lowest BCUT2D eigenvalue weighted by Gasteiger charge is -2.14. The maximum Gasteiger partial charge on any atom is 0.321 e. The minimum Gasteiger partial charge on any atom is -0.336 e. The van der Waals surface area contributed by atoms with Crippen LogP contribution in [0.4, 0.5) is 16.2 Å². The number of anilines is 2. The van der Waals surface area contributed by atoms with Gasteiger partial charge in [-0.3, -0.25) is 9.69 Å². The van der Waals surface area contributed by atoms with Gasteiger partial charge in [0.1, 0.15) is 0 Å². The summed E-state index contributed by atoms with van der Waals surface area (Å²) in [4.78, 5) is 25.7. The Morgan fingerprint density at radius 3 is 2.44 bits per heavy atom. The van der Waals surface area contributed by atoms with E-state index in [2.05, 4.69) is 29.7 Å². The molecule has 25 heavy (non-hydrogen) atoms. The molecule has 2 aromatic carbocycles.